The average molecular weight is 307 g/mol. The Bertz CT molecular complexity index is 483. The number of aliphatic hydroxyl groups excluding tert-OH is 1. The average Bonchev–Trinajstić information content (AvgIpc) is 2.45. The molecule has 0 aromatic heterocycles. The van der Waals surface area contributed by atoms with E-state index in [9.17, 15) is 9.90 Å². The Balaban J connectivity index is 1.81. The van der Waals surface area contributed by atoms with Gasteiger partial charge in [-0.2, -0.15) is 0 Å². The minimum Gasteiger partial charge on any atom is -0.444 e. The molecule has 1 heterocycles. The van der Waals surface area contributed by atoms with E-state index in [-0.39, 0.29) is 18.7 Å². The van der Waals surface area contributed by atoms with Crippen LogP contribution in [0.2, 0.25) is 0 Å². The molecule has 1 amide bonds. The largest absolute Gasteiger partial charge is 0.444 e. The third-order valence-corrected chi connectivity index (χ3v) is 3.48. The summed E-state index contributed by atoms with van der Waals surface area (Å²) in [6.45, 7) is 6.74. The van der Waals surface area contributed by atoms with Crippen molar-refractivity contribution in [2.45, 2.75) is 51.6 Å². The van der Waals surface area contributed by atoms with Crippen LogP contribution in [-0.2, 0) is 16.1 Å². The van der Waals surface area contributed by atoms with Crippen molar-refractivity contribution in [3.63, 3.8) is 0 Å². The van der Waals surface area contributed by atoms with Gasteiger partial charge in [-0.3, -0.25) is 0 Å². The van der Waals surface area contributed by atoms with Gasteiger partial charge < -0.3 is 19.5 Å². The third-order valence-electron chi connectivity index (χ3n) is 3.48. The second-order valence-corrected chi connectivity index (χ2v) is 6.62. The van der Waals surface area contributed by atoms with Gasteiger partial charge in [0, 0.05) is 6.54 Å². The summed E-state index contributed by atoms with van der Waals surface area (Å²) in [6.07, 6.45) is -0.718. The van der Waals surface area contributed by atoms with Crippen LogP contribution < -0.4 is 0 Å². The molecule has 122 valence electrons. The quantitative estimate of drug-likeness (QED) is 0.932. The minimum absolute atomic E-state index is 0.244. The number of carbonyl (C=O) groups is 1. The zero-order chi connectivity index (χ0) is 16.2. The van der Waals surface area contributed by atoms with Crippen molar-refractivity contribution in [2.75, 3.05) is 13.1 Å². The Morgan fingerprint density at radius 3 is 2.59 bits per heavy atom. The summed E-state index contributed by atoms with van der Waals surface area (Å²) < 4.78 is 11.1. The van der Waals surface area contributed by atoms with Crippen molar-refractivity contribution in [3.8, 4) is 0 Å². The normalized spacial score (nSPS) is 22.5. The highest BCUT2D eigenvalue weighted by molar-refractivity contribution is 5.68. The van der Waals surface area contributed by atoms with Crippen LogP contribution in [-0.4, -0.2) is 47.0 Å². The second kappa shape index (κ2) is 7.11. The van der Waals surface area contributed by atoms with Gasteiger partial charge in [-0.1, -0.05) is 30.3 Å². The van der Waals surface area contributed by atoms with Crippen molar-refractivity contribution in [2.24, 2.45) is 0 Å². The number of benzene rings is 1. The topological polar surface area (TPSA) is 59.0 Å². The molecule has 5 nitrogen and oxygen atoms in total. The molecule has 2 atom stereocenters. The van der Waals surface area contributed by atoms with Crippen LogP contribution in [0.1, 0.15) is 32.8 Å². The number of rotatable bonds is 3. The fraction of sp³-hybridized carbons (Fsp3) is 0.588. The lowest BCUT2D eigenvalue weighted by Crippen LogP contribution is -2.51. The van der Waals surface area contributed by atoms with Gasteiger partial charge in [0.25, 0.3) is 0 Å². The molecule has 5 heteroatoms. The fourth-order valence-corrected chi connectivity index (χ4v) is 2.37. The molecule has 1 aliphatic rings. The number of amides is 1. The van der Waals surface area contributed by atoms with E-state index in [1.165, 1.54) is 4.90 Å². The van der Waals surface area contributed by atoms with Gasteiger partial charge in [0.1, 0.15) is 5.60 Å². The number of β-amino-alcohol motifs (C(OH)–C–C–N with tert-alkyl or cyclic N) is 1. The number of piperidine rings is 1. The first-order valence-electron chi connectivity index (χ1n) is 7.67. The van der Waals surface area contributed by atoms with E-state index in [2.05, 4.69) is 0 Å². The lowest BCUT2D eigenvalue weighted by Gasteiger charge is -2.36. The molecule has 1 aliphatic heterocycles. The predicted molar refractivity (Wildman–Crippen MR) is 83.4 cm³/mol. The Morgan fingerprint density at radius 2 is 2.00 bits per heavy atom. The van der Waals surface area contributed by atoms with Gasteiger partial charge in [-0.25, -0.2) is 4.79 Å². The van der Waals surface area contributed by atoms with Crippen molar-refractivity contribution < 1.29 is 19.4 Å². The van der Waals surface area contributed by atoms with E-state index in [4.69, 9.17) is 9.47 Å². The molecule has 0 radical (unpaired) electrons. The highest BCUT2D eigenvalue weighted by Gasteiger charge is 2.32. The van der Waals surface area contributed by atoms with Gasteiger partial charge in [0.15, 0.2) is 0 Å². The molecule has 2 rings (SSSR count). The van der Waals surface area contributed by atoms with Crippen LogP contribution in [0.5, 0.6) is 0 Å². The fourth-order valence-electron chi connectivity index (χ4n) is 2.37. The summed E-state index contributed by atoms with van der Waals surface area (Å²) in [7, 11) is 0. The highest BCUT2D eigenvalue weighted by Crippen LogP contribution is 2.19. The standard InChI is InChI=1S/C17H25NO4/c1-17(2,3)22-16(20)18-10-9-15(14(19)11-18)21-12-13-7-5-4-6-8-13/h4-8,14-15,19H,9-12H2,1-3H3/t14-,15-/m1/s1. The van der Waals surface area contributed by atoms with Crippen molar-refractivity contribution in [1.29, 1.82) is 0 Å². The first kappa shape index (κ1) is 16.8. The second-order valence-electron chi connectivity index (χ2n) is 6.62. The molecule has 0 aliphatic carbocycles. The van der Waals surface area contributed by atoms with Crippen LogP contribution in [0, 0.1) is 0 Å². The molecular weight excluding hydrogens is 282 g/mol. The smallest absolute Gasteiger partial charge is 0.410 e. The van der Waals surface area contributed by atoms with Gasteiger partial charge in [-0.15, -0.1) is 0 Å². The number of carbonyl (C=O) groups excluding carboxylic acids is 1. The molecule has 1 N–H and O–H groups in total. The maximum absolute atomic E-state index is 12.0. The van der Waals surface area contributed by atoms with E-state index >= 15 is 0 Å². The number of ether oxygens (including phenoxy) is 2. The summed E-state index contributed by atoms with van der Waals surface area (Å²) in [5, 5.41) is 10.2. The van der Waals surface area contributed by atoms with Crippen LogP contribution in [0.25, 0.3) is 0 Å². The number of aliphatic hydroxyl groups is 1. The van der Waals surface area contributed by atoms with Gasteiger partial charge >= 0.3 is 6.09 Å². The zero-order valence-corrected chi connectivity index (χ0v) is 13.5. The molecule has 1 aromatic carbocycles. The molecule has 1 saturated heterocycles. The zero-order valence-electron chi connectivity index (χ0n) is 13.5. The minimum atomic E-state index is -0.690. The lowest BCUT2D eigenvalue weighted by atomic mass is 10.1. The van der Waals surface area contributed by atoms with Crippen molar-refractivity contribution in [1.82, 2.24) is 4.90 Å². The number of nitrogens with zero attached hydrogens (tertiary/aromatic N) is 1. The molecular formula is C17H25NO4. The number of hydrogen-bond acceptors (Lipinski definition) is 4. The summed E-state index contributed by atoms with van der Waals surface area (Å²) in [6, 6.07) is 9.85. The summed E-state index contributed by atoms with van der Waals surface area (Å²) >= 11 is 0. The van der Waals surface area contributed by atoms with Crippen LogP contribution in [0.4, 0.5) is 4.79 Å². The number of hydrogen-bond donors (Lipinski definition) is 1. The first-order valence-corrected chi connectivity index (χ1v) is 7.67. The SMILES string of the molecule is CC(C)(C)OC(=O)N1CC[C@@H](OCc2ccccc2)[C@H](O)C1. The van der Waals surface area contributed by atoms with E-state index in [1.807, 2.05) is 51.1 Å². The molecule has 0 unspecified atom stereocenters. The van der Waals surface area contributed by atoms with E-state index in [0.717, 1.165) is 5.56 Å². The van der Waals surface area contributed by atoms with E-state index < -0.39 is 11.7 Å². The molecule has 0 spiro atoms. The Morgan fingerprint density at radius 1 is 1.32 bits per heavy atom. The molecule has 1 fully saturated rings. The monoisotopic (exact) mass is 307 g/mol. The molecule has 0 saturated carbocycles. The van der Waals surface area contributed by atoms with Crippen LogP contribution in [0.3, 0.4) is 0 Å². The van der Waals surface area contributed by atoms with Crippen molar-refractivity contribution in [3.05, 3.63) is 35.9 Å². The van der Waals surface area contributed by atoms with Gasteiger partial charge in [0.05, 0.1) is 25.4 Å². The highest BCUT2D eigenvalue weighted by atomic mass is 16.6. The molecule has 1 aromatic rings. The molecule has 22 heavy (non-hydrogen) atoms. The Labute approximate surface area is 131 Å². The lowest BCUT2D eigenvalue weighted by molar-refractivity contribution is -0.0859. The van der Waals surface area contributed by atoms with Crippen LogP contribution in [0.15, 0.2) is 30.3 Å². The summed E-state index contributed by atoms with van der Waals surface area (Å²) in [4.78, 5) is 13.5. The van der Waals surface area contributed by atoms with Crippen molar-refractivity contribution >= 4 is 6.09 Å². The van der Waals surface area contributed by atoms with Gasteiger partial charge in [-0.05, 0) is 32.8 Å². The Hall–Kier alpha value is -1.59. The third kappa shape index (κ3) is 5.00. The Kier molecular flexibility index (Phi) is 5.42. The maximum Gasteiger partial charge on any atom is 0.410 e. The molecule has 0 bridgehead atoms. The van der Waals surface area contributed by atoms with E-state index in [1.54, 1.807) is 0 Å². The predicted octanol–water partition coefficient (Wildman–Crippen LogP) is 2.57. The first-order chi connectivity index (χ1) is 10.3. The summed E-state index contributed by atoms with van der Waals surface area (Å²) in [5.41, 5.74) is 0.548. The maximum atomic E-state index is 12.0. The van der Waals surface area contributed by atoms with E-state index in [0.29, 0.717) is 19.6 Å². The van der Waals surface area contributed by atoms with Crippen LogP contribution >= 0.6 is 0 Å². The number of likely N-dealkylation sites (tertiary alicyclic amines) is 1. The summed E-state index contributed by atoms with van der Waals surface area (Å²) in [5.74, 6) is 0. The van der Waals surface area contributed by atoms with Gasteiger partial charge in [0.2, 0.25) is 0 Å².